The van der Waals surface area contributed by atoms with Crippen LogP contribution in [0.2, 0.25) is 0 Å². The largest absolute Gasteiger partial charge is 0.309 e. The van der Waals surface area contributed by atoms with Gasteiger partial charge in [-0.15, -0.1) is 0 Å². The van der Waals surface area contributed by atoms with Crippen molar-refractivity contribution in [2.24, 2.45) is 0 Å². The summed E-state index contributed by atoms with van der Waals surface area (Å²) < 4.78 is 2.62. The van der Waals surface area contributed by atoms with Crippen LogP contribution in [0.25, 0.3) is 72.9 Å². The van der Waals surface area contributed by atoms with E-state index in [1.165, 1.54) is 83.1 Å². The molecule has 5 aromatic carbocycles. The van der Waals surface area contributed by atoms with Crippen LogP contribution in [0.5, 0.6) is 0 Å². The van der Waals surface area contributed by atoms with Gasteiger partial charge in [-0.1, -0.05) is 103 Å². The molecular weight excluding hydrogens is 470 g/mol. The van der Waals surface area contributed by atoms with E-state index >= 15 is 0 Å². The molecule has 0 N–H and O–H groups in total. The number of hydrogen-bond donors (Lipinski definition) is 0. The van der Waals surface area contributed by atoms with Crippen LogP contribution in [0.1, 0.15) is 35.2 Å². The van der Waals surface area contributed by atoms with Crippen molar-refractivity contribution < 1.29 is 0 Å². The molecule has 0 amide bonds. The molecule has 1 aromatic heterocycles. The maximum atomic E-state index is 2.62. The highest BCUT2D eigenvalue weighted by Gasteiger charge is 2.29. The minimum absolute atomic E-state index is 1.06. The second-order valence-corrected chi connectivity index (χ2v) is 11.1. The number of benzene rings is 5. The van der Waals surface area contributed by atoms with Gasteiger partial charge < -0.3 is 4.57 Å². The zero-order chi connectivity index (χ0) is 25.5. The van der Waals surface area contributed by atoms with Gasteiger partial charge in [-0.05, 0) is 93.1 Å². The van der Waals surface area contributed by atoms with E-state index in [9.17, 15) is 0 Å². The Morgan fingerprint density at radius 3 is 2.21 bits per heavy atom. The number of allylic oxidation sites excluding steroid dienone is 2. The fraction of sp³-hybridized carbons (Fsp3) is 0.105. The molecule has 0 bridgehead atoms. The maximum Gasteiger partial charge on any atom is 0.0622 e. The summed E-state index contributed by atoms with van der Waals surface area (Å²) >= 11 is 0. The number of aryl methyl sites for hydroxylation is 1. The molecule has 0 fully saturated rings. The summed E-state index contributed by atoms with van der Waals surface area (Å²) in [6, 6.07) is 34.0. The zero-order valence-corrected chi connectivity index (χ0v) is 21.7. The smallest absolute Gasteiger partial charge is 0.0622 e. The molecule has 1 nitrogen and oxygen atoms in total. The monoisotopic (exact) mass is 497 g/mol. The number of rotatable bonds is 2. The highest BCUT2D eigenvalue weighted by Crippen LogP contribution is 2.52. The Morgan fingerprint density at radius 2 is 1.33 bits per heavy atom. The van der Waals surface area contributed by atoms with Gasteiger partial charge in [0, 0.05) is 16.6 Å². The molecule has 39 heavy (non-hydrogen) atoms. The summed E-state index contributed by atoms with van der Waals surface area (Å²) in [5.74, 6) is 0. The summed E-state index contributed by atoms with van der Waals surface area (Å²) in [5, 5.41) is 4.13. The third-order valence-corrected chi connectivity index (χ3v) is 9.08. The van der Waals surface area contributed by atoms with Gasteiger partial charge in [0.2, 0.25) is 0 Å². The average Bonchev–Trinajstić information content (AvgIpc) is 3.51. The predicted octanol–water partition coefficient (Wildman–Crippen LogP) is 10.0. The molecule has 1 heterocycles. The number of aromatic nitrogens is 1. The Morgan fingerprint density at radius 1 is 0.564 bits per heavy atom. The minimum atomic E-state index is 1.06. The summed E-state index contributed by atoms with van der Waals surface area (Å²) in [7, 11) is 0. The fourth-order valence-corrected chi connectivity index (χ4v) is 7.46. The standard InChI is InChI=1S/C38H27N/c1-2-10-24(11-3-1)26-22-23-35(28-15-5-4-14-27(26)28)39-34-19-7-6-16-29(34)32-21-20-31-30-17-8-12-25-13-9-18-33(36(25)30)37(31)38(32)39/h1-4,7-14,17-23H,5-6,15-16H2. The average molecular weight is 498 g/mol. The first kappa shape index (κ1) is 21.3. The van der Waals surface area contributed by atoms with Crippen molar-refractivity contribution in [3.05, 3.63) is 126 Å². The molecule has 0 aliphatic heterocycles. The molecule has 184 valence electrons. The lowest BCUT2D eigenvalue weighted by atomic mass is 9.88. The van der Waals surface area contributed by atoms with E-state index < -0.39 is 0 Å². The molecule has 0 unspecified atom stereocenters. The normalized spacial score (nSPS) is 14.6. The fourth-order valence-electron chi connectivity index (χ4n) is 7.46. The van der Waals surface area contributed by atoms with Crippen LogP contribution in [-0.4, -0.2) is 4.57 Å². The van der Waals surface area contributed by atoms with E-state index in [0.29, 0.717) is 0 Å². The minimum Gasteiger partial charge on any atom is -0.309 e. The van der Waals surface area contributed by atoms with Crippen molar-refractivity contribution in [1.82, 2.24) is 4.57 Å². The second kappa shape index (κ2) is 7.94. The van der Waals surface area contributed by atoms with Crippen LogP contribution in [-0.2, 0) is 12.8 Å². The van der Waals surface area contributed by atoms with Crippen LogP contribution in [0.3, 0.4) is 0 Å². The molecule has 0 spiro atoms. The number of nitrogens with zero attached hydrogens (tertiary/aromatic N) is 1. The Bertz CT molecular complexity index is 2040. The Balaban J connectivity index is 1.42. The van der Waals surface area contributed by atoms with Crippen molar-refractivity contribution in [2.45, 2.75) is 25.7 Å². The molecule has 3 aliphatic carbocycles. The van der Waals surface area contributed by atoms with Crippen molar-refractivity contribution >= 4 is 33.8 Å². The van der Waals surface area contributed by atoms with Crippen molar-refractivity contribution in [3.63, 3.8) is 0 Å². The number of fused-ring (bicyclic) bond motifs is 8. The third kappa shape index (κ3) is 2.85. The molecule has 9 rings (SSSR count). The Labute approximate surface area is 228 Å². The molecule has 6 aromatic rings. The van der Waals surface area contributed by atoms with Crippen molar-refractivity contribution in [2.75, 3.05) is 0 Å². The lowest BCUT2D eigenvalue weighted by Crippen LogP contribution is -2.08. The quantitative estimate of drug-likeness (QED) is 0.224. The topological polar surface area (TPSA) is 4.93 Å². The first-order valence-corrected chi connectivity index (χ1v) is 14.2. The summed E-state index contributed by atoms with van der Waals surface area (Å²) in [5.41, 5.74) is 16.5. The van der Waals surface area contributed by atoms with E-state index in [4.69, 9.17) is 0 Å². The van der Waals surface area contributed by atoms with Gasteiger partial charge in [-0.3, -0.25) is 0 Å². The second-order valence-electron chi connectivity index (χ2n) is 11.1. The highest BCUT2D eigenvalue weighted by molar-refractivity contribution is 6.21. The maximum absolute atomic E-state index is 2.62. The van der Waals surface area contributed by atoms with Gasteiger partial charge in [0.25, 0.3) is 0 Å². The zero-order valence-electron chi connectivity index (χ0n) is 21.7. The lowest BCUT2D eigenvalue weighted by molar-refractivity contribution is 0.933. The van der Waals surface area contributed by atoms with Crippen LogP contribution >= 0.6 is 0 Å². The Hall–Kier alpha value is -4.62. The third-order valence-electron chi connectivity index (χ3n) is 9.08. The molecule has 0 saturated heterocycles. The van der Waals surface area contributed by atoms with Crippen molar-refractivity contribution in [3.8, 4) is 39.1 Å². The van der Waals surface area contributed by atoms with Crippen LogP contribution < -0.4 is 0 Å². The molecule has 0 atom stereocenters. The van der Waals surface area contributed by atoms with E-state index in [0.717, 1.165) is 25.7 Å². The summed E-state index contributed by atoms with van der Waals surface area (Å²) in [6.45, 7) is 0. The summed E-state index contributed by atoms with van der Waals surface area (Å²) in [6.07, 6.45) is 13.8. The number of hydrogen-bond acceptors (Lipinski definition) is 0. The van der Waals surface area contributed by atoms with Gasteiger partial charge in [-0.25, -0.2) is 0 Å². The molecule has 0 saturated carbocycles. The first-order valence-electron chi connectivity index (χ1n) is 14.2. The van der Waals surface area contributed by atoms with Crippen molar-refractivity contribution in [1.29, 1.82) is 0 Å². The molecule has 0 radical (unpaired) electrons. The van der Waals surface area contributed by atoms with Gasteiger partial charge in [-0.2, -0.15) is 0 Å². The van der Waals surface area contributed by atoms with Crippen LogP contribution in [0.15, 0.2) is 103 Å². The molecule has 3 aliphatic rings. The lowest BCUT2D eigenvalue weighted by Gasteiger charge is -2.23. The summed E-state index contributed by atoms with van der Waals surface area (Å²) in [4.78, 5) is 0. The van der Waals surface area contributed by atoms with Gasteiger partial charge in [0.15, 0.2) is 0 Å². The van der Waals surface area contributed by atoms with Crippen LogP contribution in [0, 0.1) is 0 Å². The molecular formula is C38H27N. The van der Waals surface area contributed by atoms with E-state index in [-0.39, 0.29) is 0 Å². The highest BCUT2D eigenvalue weighted by atomic mass is 15.0. The van der Waals surface area contributed by atoms with Gasteiger partial charge >= 0.3 is 0 Å². The molecule has 1 heteroatoms. The predicted molar refractivity (Wildman–Crippen MR) is 165 cm³/mol. The van der Waals surface area contributed by atoms with Gasteiger partial charge in [0.05, 0.1) is 11.2 Å². The van der Waals surface area contributed by atoms with E-state index in [2.05, 4.69) is 120 Å². The SMILES string of the molecule is C1=Cc2c(-c3ccccc3)ccc(-n3c4c(c5ccc6c(c53)-c3cccc5cccc-6c35)CCC=C4)c2CC1. The van der Waals surface area contributed by atoms with Crippen LogP contribution in [0.4, 0.5) is 0 Å². The van der Waals surface area contributed by atoms with E-state index in [1.54, 1.807) is 0 Å². The van der Waals surface area contributed by atoms with Gasteiger partial charge in [0.1, 0.15) is 0 Å². The Kier molecular flexibility index (Phi) is 4.34. The first-order chi connectivity index (χ1) is 19.4. The van der Waals surface area contributed by atoms with E-state index in [1.807, 2.05) is 0 Å².